The van der Waals surface area contributed by atoms with Crippen LogP contribution in [0.2, 0.25) is 10.0 Å². The van der Waals surface area contributed by atoms with Crippen molar-refractivity contribution in [2.75, 3.05) is 0 Å². The van der Waals surface area contributed by atoms with Crippen LogP contribution in [0.5, 0.6) is 0 Å². The highest BCUT2D eigenvalue weighted by Gasteiger charge is 2.20. The van der Waals surface area contributed by atoms with Crippen LogP contribution in [0.4, 0.5) is 0 Å². The molecular weight excluding hydrogens is 938 g/mol. The number of nitrogens with zero attached hydrogens (tertiary/aromatic N) is 6. The fourth-order valence-electron chi connectivity index (χ4n) is 6.47. The number of aromatic nitrogens is 6. The summed E-state index contributed by atoms with van der Waals surface area (Å²) in [7, 11) is 0. The van der Waals surface area contributed by atoms with Gasteiger partial charge in [-0.05, 0) is 92.1 Å². The van der Waals surface area contributed by atoms with E-state index in [1.807, 2.05) is 24.6 Å². The van der Waals surface area contributed by atoms with Crippen molar-refractivity contribution >= 4 is 91.5 Å². The number of carboxylic acid groups (broad SMARTS) is 1. The molecule has 6 heterocycles. The van der Waals surface area contributed by atoms with Crippen molar-refractivity contribution in [3.8, 4) is 0 Å². The molecule has 0 aliphatic rings. The Kier molecular flexibility index (Phi) is 17.3. The minimum Gasteiger partial charge on any atom is -0.480 e. The summed E-state index contributed by atoms with van der Waals surface area (Å²) in [5, 5.41) is 22.7. The molecule has 0 bridgehead atoms. The van der Waals surface area contributed by atoms with E-state index in [9.17, 15) is 28.8 Å². The first kappa shape index (κ1) is 49.5. The predicted molar refractivity (Wildman–Crippen MR) is 260 cm³/mol. The van der Waals surface area contributed by atoms with Gasteiger partial charge in [0.15, 0.2) is 5.78 Å². The van der Waals surface area contributed by atoms with Crippen LogP contribution in [0.25, 0.3) is 22.1 Å². The van der Waals surface area contributed by atoms with Crippen molar-refractivity contribution in [1.82, 2.24) is 39.7 Å². The van der Waals surface area contributed by atoms with Gasteiger partial charge in [-0.25, -0.2) is 19.9 Å². The number of thiazole rings is 2. The van der Waals surface area contributed by atoms with Crippen LogP contribution in [-0.2, 0) is 48.7 Å². The van der Waals surface area contributed by atoms with Gasteiger partial charge in [0.25, 0.3) is 22.9 Å². The topological polar surface area (TPSA) is 234 Å². The van der Waals surface area contributed by atoms with Crippen molar-refractivity contribution in [1.29, 1.82) is 0 Å². The number of hydrogen-bond acceptors (Lipinski definition) is 13. The third kappa shape index (κ3) is 13.8. The molecule has 8 aromatic rings. The molecule has 5 N–H and O–H groups in total. The Hall–Kier alpha value is -6.96. The zero-order valence-corrected chi connectivity index (χ0v) is 39.2. The molecule has 0 atom stereocenters. The maximum Gasteiger partial charge on any atom is 0.323 e. The number of aryl methyl sites for hydroxylation is 3. The van der Waals surface area contributed by atoms with Gasteiger partial charge in [0.05, 0.1) is 27.9 Å². The highest BCUT2D eigenvalue weighted by atomic mass is 35.5. The van der Waals surface area contributed by atoms with Crippen LogP contribution in [0.15, 0.2) is 118 Å². The summed E-state index contributed by atoms with van der Waals surface area (Å²) in [6, 6.07) is 23.7. The maximum absolute atomic E-state index is 13.2. The second kappa shape index (κ2) is 23.5. The molecule has 0 aliphatic heterocycles. The molecule has 16 nitrogen and oxygen atoms in total. The summed E-state index contributed by atoms with van der Waals surface area (Å²) >= 11 is 14.9. The van der Waals surface area contributed by atoms with Crippen LogP contribution in [0.1, 0.15) is 59.7 Å². The molecule has 0 unspecified atom stereocenters. The van der Waals surface area contributed by atoms with E-state index in [0.717, 1.165) is 37.1 Å². The molecule has 344 valence electrons. The SMILES string of the molecule is Cc1nc(CCC(=O)Cn2c(=O)c(C(=O)NCc3ccc(Cl)cc3)cc3cccnc32)cs1.Cc1nc(CN)cs1.O=C(O)Cn1c(=O)c(C(=O)NCc2ccc(Cl)cc2)cc2cccnc21. The average Bonchev–Trinajstić information content (AvgIpc) is 3.96. The predicted octanol–water partition coefficient (Wildman–Crippen LogP) is 6.92. The zero-order chi connectivity index (χ0) is 48.0. The van der Waals surface area contributed by atoms with E-state index in [0.29, 0.717) is 39.4 Å². The van der Waals surface area contributed by atoms with Gasteiger partial charge in [0, 0.05) is 70.0 Å². The number of amides is 2. The molecule has 20 heteroatoms. The van der Waals surface area contributed by atoms with E-state index in [1.54, 1.807) is 90.3 Å². The number of Topliss-reactive ketones (excluding diaryl/α,β-unsaturated/α-hetero) is 1. The van der Waals surface area contributed by atoms with E-state index >= 15 is 0 Å². The molecule has 0 saturated heterocycles. The summed E-state index contributed by atoms with van der Waals surface area (Å²) in [4.78, 5) is 91.7. The van der Waals surface area contributed by atoms with E-state index in [-0.39, 0.29) is 48.6 Å². The number of nitrogens with one attached hydrogen (secondary N) is 2. The van der Waals surface area contributed by atoms with Crippen molar-refractivity contribution in [2.45, 2.75) is 59.4 Å². The average molecular weight is 981 g/mol. The maximum atomic E-state index is 13.2. The molecule has 0 radical (unpaired) electrons. The van der Waals surface area contributed by atoms with Gasteiger partial charge in [0.2, 0.25) is 0 Å². The lowest BCUT2D eigenvalue weighted by atomic mass is 10.1. The van der Waals surface area contributed by atoms with Crippen LogP contribution in [0.3, 0.4) is 0 Å². The Balaban J connectivity index is 0.000000193. The molecule has 0 spiro atoms. The number of carbonyl (C=O) groups excluding carboxylic acids is 3. The normalized spacial score (nSPS) is 10.7. The minimum absolute atomic E-state index is 0.0348. The molecule has 2 amide bonds. The molecule has 67 heavy (non-hydrogen) atoms. The van der Waals surface area contributed by atoms with Crippen LogP contribution in [0, 0.1) is 13.8 Å². The van der Waals surface area contributed by atoms with E-state index < -0.39 is 35.4 Å². The van der Waals surface area contributed by atoms with E-state index in [1.165, 1.54) is 34.2 Å². The van der Waals surface area contributed by atoms with Crippen molar-refractivity contribution in [3.63, 3.8) is 0 Å². The van der Waals surface area contributed by atoms with Crippen LogP contribution >= 0.6 is 45.9 Å². The molecule has 2 aromatic carbocycles. The number of aliphatic carboxylic acids is 1. The second-order valence-corrected chi connectivity index (χ2v) is 17.7. The zero-order valence-electron chi connectivity index (χ0n) is 36.1. The van der Waals surface area contributed by atoms with Crippen LogP contribution in [-0.4, -0.2) is 57.7 Å². The number of hydrogen-bond donors (Lipinski definition) is 4. The van der Waals surface area contributed by atoms with Gasteiger partial charge in [-0.15, -0.1) is 22.7 Å². The minimum atomic E-state index is -1.20. The monoisotopic (exact) mass is 979 g/mol. The fourth-order valence-corrected chi connectivity index (χ4v) is 8.00. The molecule has 0 fully saturated rings. The smallest absolute Gasteiger partial charge is 0.323 e. The standard InChI is InChI=1S/C24H21ClN4O3S.C18H14ClN3O4.C5H8N2S/c1-15-28-19(14-33-15)8-9-20(30)13-29-22-17(3-2-10-26-22)11-21(24(29)32)23(31)27-12-16-4-6-18(25)7-5-16;19-13-5-3-11(4-6-13)9-21-17(25)14-8-12-2-1-7-20-16(12)22(18(14)26)10-15(23)24;1-4-7-5(2-6)3-8-4/h2-7,10-11,14H,8-9,12-13H2,1H3,(H,27,31);1-8H,9-10H2,(H,21,25)(H,23,24);3H,2,6H2,1H3. The first-order valence-corrected chi connectivity index (χ1v) is 23.0. The lowest BCUT2D eigenvalue weighted by Gasteiger charge is -2.12. The lowest BCUT2D eigenvalue weighted by molar-refractivity contribution is -0.137. The first-order valence-electron chi connectivity index (χ1n) is 20.5. The van der Waals surface area contributed by atoms with Crippen molar-refractivity contribution in [3.05, 3.63) is 182 Å². The Morgan fingerprint density at radius 1 is 0.672 bits per heavy atom. The first-order chi connectivity index (χ1) is 32.2. The quantitative estimate of drug-likeness (QED) is 0.0870. The van der Waals surface area contributed by atoms with Crippen molar-refractivity contribution < 1.29 is 24.3 Å². The van der Waals surface area contributed by atoms with Crippen molar-refractivity contribution in [2.24, 2.45) is 5.73 Å². The molecule has 0 saturated carbocycles. The summed E-state index contributed by atoms with van der Waals surface area (Å²) < 4.78 is 2.26. The largest absolute Gasteiger partial charge is 0.480 e. The number of ketones is 1. The Bertz CT molecular complexity index is 3170. The van der Waals surface area contributed by atoms with E-state index in [4.69, 9.17) is 34.0 Å². The summed E-state index contributed by atoms with van der Waals surface area (Å²) in [6.45, 7) is 4.16. The van der Waals surface area contributed by atoms with E-state index in [2.05, 4.69) is 30.6 Å². The van der Waals surface area contributed by atoms with Crippen LogP contribution < -0.4 is 27.5 Å². The van der Waals surface area contributed by atoms with Gasteiger partial charge in [0.1, 0.15) is 29.0 Å². The Labute approximate surface area is 401 Å². The number of rotatable bonds is 14. The number of carbonyl (C=O) groups is 4. The third-order valence-corrected chi connectivity index (χ3v) is 11.9. The Morgan fingerprint density at radius 2 is 1.12 bits per heavy atom. The number of halogens is 2. The molecule has 6 aromatic heterocycles. The second-order valence-electron chi connectivity index (χ2n) is 14.7. The number of fused-ring (bicyclic) bond motifs is 2. The molecular formula is C47H43Cl2N9O7S2. The lowest BCUT2D eigenvalue weighted by Crippen LogP contribution is -2.34. The summed E-state index contributed by atoms with van der Waals surface area (Å²) in [5.74, 6) is -2.43. The van der Waals surface area contributed by atoms with Gasteiger partial charge in [-0.1, -0.05) is 47.5 Å². The number of benzene rings is 2. The summed E-state index contributed by atoms with van der Waals surface area (Å²) in [6.07, 6.45) is 3.77. The number of nitrogens with two attached hydrogens (primary N) is 1. The van der Waals surface area contributed by atoms with Gasteiger partial charge in [-0.3, -0.25) is 37.9 Å². The van der Waals surface area contributed by atoms with Gasteiger partial charge in [-0.2, -0.15) is 0 Å². The third-order valence-electron chi connectivity index (χ3n) is 9.75. The molecule has 0 aliphatic carbocycles. The highest BCUT2D eigenvalue weighted by molar-refractivity contribution is 7.09. The number of carboxylic acids is 1. The molecule has 8 rings (SSSR count). The van der Waals surface area contributed by atoms with Gasteiger partial charge < -0.3 is 21.5 Å². The fraction of sp³-hybridized carbons (Fsp3) is 0.191. The number of pyridine rings is 4. The highest BCUT2D eigenvalue weighted by Crippen LogP contribution is 2.16. The Morgan fingerprint density at radius 3 is 1.52 bits per heavy atom. The summed E-state index contributed by atoms with van der Waals surface area (Å²) in [5.41, 5.74) is 7.99. The van der Waals surface area contributed by atoms with Gasteiger partial charge >= 0.3 is 5.97 Å².